The Kier molecular flexibility index (Phi) is 5.08. The molecule has 158 valence electrons. The Hall–Kier alpha value is -3.03. The van der Waals surface area contributed by atoms with Crippen LogP contribution in [0.1, 0.15) is 33.1 Å². The number of nitrogens with two attached hydrogens (primary N) is 1. The standard InChI is InChI=1S/C24H25N5OS/c1-28(2)23-17(12-15-6-3-4-8-19(15)27-23)14-29-11-9-16(13-29)20-18-7-5-10-26-24(18)31-21(20)22(25)30/h3-8,10,12,16H,9,11,13-14H2,1-2H3,(H2,25,30)/t16-/m1/s1. The van der Waals surface area contributed by atoms with Gasteiger partial charge in [-0.05, 0) is 36.7 Å². The third kappa shape index (κ3) is 3.64. The quantitative estimate of drug-likeness (QED) is 0.517. The summed E-state index contributed by atoms with van der Waals surface area (Å²) in [6.07, 6.45) is 2.77. The van der Waals surface area contributed by atoms with Gasteiger partial charge in [0, 0.05) is 55.6 Å². The maximum Gasteiger partial charge on any atom is 0.259 e. The van der Waals surface area contributed by atoms with Crippen molar-refractivity contribution in [1.82, 2.24) is 14.9 Å². The molecule has 1 aliphatic heterocycles. The first-order valence-electron chi connectivity index (χ1n) is 10.5. The van der Waals surface area contributed by atoms with Crippen LogP contribution < -0.4 is 10.6 Å². The summed E-state index contributed by atoms with van der Waals surface area (Å²) in [4.78, 5) is 27.6. The average Bonchev–Trinajstić information content (AvgIpc) is 3.37. The summed E-state index contributed by atoms with van der Waals surface area (Å²) in [6, 6.07) is 14.5. The molecule has 4 aromatic rings. The fourth-order valence-electron chi connectivity index (χ4n) is 4.65. The fourth-order valence-corrected chi connectivity index (χ4v) is 5.73. The molecule has 3 aromatic heterocycles. The first kappa shape index (κ1) is 19.9. The minimum Gasteiger partial charge on any atom is -0.365 e. The van der Waals surface area contributed by atoms with Crippen LogP contribution in [0.3, 0.4) is 0 Å². The van der Waals surface area contributed by atoms with Crippen LogP contribution >= 0.6 is 11.3 Å². The maximum atomic E-state index is 12.1. The van der Waals surface area contributed by atoms with E-state index in [1.54, 1.807) is 6.20 Å². The van der Waals surface area contributed by atoms with Crippen LogP contribution in [-0.4, -0.2) is 48.0 Å². The summed E-state index contributed by atoms with van der Waals surface area (Å²) in [5, 5.41) is 2.22. The van der Waals surface area contributed by atoms with Gasteiger partial charge in [0.1, 0.15) is 10.6 Å². The molecule has 6 nitrogen and oxygen atoms in total. The second kappa shape index (κ2) is 7.90. The van der Waals surface area contributed by atoms with Gasteiger partial charge in [-0.3, -0.25) is 9.69 Å². The molecule has 7 heteroatoms. The summed E-state index contributed by atoms with van der Waals surface area (Å²) >= 11 is 1.41. The Morgan fingerprint density at radius 3 is 2.90 bits per heavy atom. The van der Waals surface area contributed by atoms with Gasteiger partial charge in [-0.15, -0.1) is 11.3 Å². The highest BCUT2D eigenvalue weighted by Crippen LogP contribution is 2.39. The van der Waals surface area contributed by atoms with Crippen LogP contribution in [0, 0.1) is 0 Å². The van der Waals surface area contributed by atoms with Crippen molar-refractivity contribution >= 4 is 44.2 Å². The van der Waals surface area contributed by atoms with Crippen LogP contribution in [-0.2, 0) is 6.54 Å². The number of pyridine rings is 2. The molecule has 0 aliphatic carbocycles. The molecule has 2 N–H and O–H groups in total. The summed E-state index contributed by atoms with van der Waals surface area (Å²) in [6.45, 7) is 2.69. The minimum atomic E-state index is -0.356. The molecule has 0 bridgehead atoms. The smallest absolute Gasteiger partial charge is 0.259 e. The molecule has 1 aromatic carbocycles. The van der Waals surface area contributed by atoms with Gasteiger partial charge in [-0.25, -0.2) is 9.97 Å². The Balaban J connectivity index is 1.45. The molecule has 1 amide bonds. The second-order valence-electron chi connectivity index (χ2n) is 8.34. The lowest BCUT2D eigenvalue weighted by molar-refractivity contribution is 0.100. The number of anilines is 1. The molecule has 0 saturated carbocycles. The molecule has 0 spiro atoms. The monoisotopic (exact) mass is 431 g/mol. The summed E-state index contributed by atoms with van der Waals surface area (Å²) in [5.41, 5.74) is 9.03. The van der Waals surface area contributed by atoms with Crippen molar-refractivity contribution in [2.75, 3.05) is 32.1 Å². The number of aromatic nitrogens is 2. The van der Waals surface area contributed by atoms with Gasteiger partial charge in [0.15, 0.2) is 0 Å². The predicted octanol–water partition coefficient (Wildman–Crippen LogP) is 4.00. The first-order chi connectivity index (χ1) is 15.0. The molecule has 1 aliphatic rings. The van der Waals surface area contributed by atoms with Crippen molar-refractivity contribution in [1.29, 1.82) is 0 Å². The number of rotatable bonds is 5. The maximum absolute atomic E-state index is 12.1. The van der Waals surface area contributed by atoms with E-state index < -0.39 is 0 Å². The van der Waals surface area contributed by atoms with E-state index in [1.807, 2.05) is 26.2 Å². The number of fused-ring (bicyclic) bond motifs is 2. The van der Waals surface area contributed by atoms with E-state index in [1.165, 1.54) is 16.9 Å². The van der Waals surface area contributed by atoms with Gasteiger partial charge in [0.05, 0.1) is 10.4 Å². The van der Waals surface area contributed by atoms with Crippen LogP contribution in [0.2, 0.25) is 0 Å². The molecule has 1 atom stereocenters. The van der Waals surface area contributed by atoms with Crippen LogP contribution in [0.15, 0.2) is 48.7 Å². The number of carbonyl (C=O) groups excluding carboxylic acids is 1. The van der Waals surface area contributed by atoms with E-state index in [2.05, 4.69) is 45.1 Å². The molecule has 5 rings (SSSR count). The van der Waals surface area contributed by atoms with Crippen LogP contribution in [0.4, 0.5) is 5.82 Å². The lowest BCUT2D eigenvalue weighted by atomic mass is 9.95. The SMILES string of the molecule is CN(C)c1nc2ccccc2cc1CN1CC[C@@H](c2c(C(N)=O)sc3ncccc23)C1. The second-order valence-corrected chi connectivity index (χ2v) is 9.34. The molecular weight excluding hydrogens is 406 g/mol. The lowest BCUT2D eigenvalue weighted by Crippen LogP contribution is -2.23. The van der Waals surface area contributed by atoms with Gasteiger partial charge in [0.2, 0.25) is 0 Å². The van der Waals surface area contributed by atoms with E-state index in [9.17, 15) is 4.79 Å². The van der Waals surface area contributed by atoms with E-state index in [0.29, 0.717) is 4.88 Å². The van der Waals surface area contributed by atoms with Crippen molar-refractivity contribution in [3.63, 3.8) is 0 Å². The van der Waals surface area contributed by atoms with Crippen LogP contribution in [0.5, 0.6) is 0 Å². The largest absolute Gasteiger partial charge is 0.365 e. The number of benzene rings is 1. The van der Waals surface area contributed by atoms with Gasteiger partial charge in [-0.2, -0.15) is 0 Å². The number of thiophene rings is 1. The highest BCUT2D eigenvalue weighted by molar-refractivity contribution is 7.20. The van der Waals surface area contributed by atoms with Crippen LogP contribution in [0.25, 0.3) is 21.1 Å². The molecule has 0 radical (unpaired) electrons. The summed E-state index contributed by atoms with van der Waals surface area (Å²) in [7, 11) is 4.08. The first-order valence-corrected chi connectivity index (χ1v) is 11.3. The van der Waals surface area contributed by atoms with Gasteiger partial charge in [-0.1, -0.05) is 24.3 Å². The zero-order chi connectivity index (χ0) is 21.5. The third-order valence-corrected chi connectivity index (χ3v) is 7.15. The molecular formula is C24H25N5OS. The normalized spacial score (nSPS) is 16.9. The molecule has 0 unspecified atom stereocenters. The number of primary amides is 1. The number of likely N-dealkylation sites (tertiary alicyclic amines) is 1. The van der Waals surface area contributed by atoms with Crippen molar-refractivity contribution in [2.24, 2.45) is 5.73 Å². The van der Waals surface area contributed by atoms with Gasteiger partial charge < -0.3 is 10.6 Å². The fraction of sp³-hybridized carbons (Fsp3) is 0.292. The zero-order valence-corrected chi connectivity index (χ0v) is 18.5. The van der Waals surface area contributed by atoms with E-state index in [0.717, 1.165) is 58.6 Å². The highest BCUT2D eigenvalue weighted by atomic mass is 32.1. The third-order valence-electron chi connectivity index (χ3n) is 6.01. The highest BCUT2D eigenvalue weighted by Gasteiger charge is 2.30. The molecule has 4 heterocycles. The molecule has 1 saturated heterocycles. The average molecular weight is 432 g/mol. The lowest BCUT2D eigenvalue weighted by Gasteiger charge is -2.22. The Morgan fingerprint density at radius 1 is 1.26 bits per heavy atom. The number of hydrogen-bond acceptors (Lipinski definition) is 6. The minimum absolute atomic E-state index is 0.275. The zero-order valence-electron chi connectivity index (χ0n) is 17.7. The van der Waals surface area contributed by atoms with E-state index in [-0.39, 0.29) is 11.8 Å². The van der Waals surface area contributed by atoms with Crippen molar-refractivity contribution in [3.05, 3.63) is 64.7 Å². The molecule has 31 heavy (non-hydrogen) atoms. The van der Waals surface area contributed by atoms with Crippen molar-refractivity contribution < 1.29 is 4.79 Å². The number of amides is 1. The Labute approximate surface area is 185 Å². The van der Waals surface area contributed by atoms with Crippen molar-refractivity contribution in [2.45, 2.75) is 18.9 Å². The van der Waals surface area contributed by atoms with Crippen molar-refractivity contribution in [3.8, 4) is 0 Å². The number of carbonyl (C=O) groups is 1. The summed E-state index contributed by atoms with van der Waals surface area (Å²) in [5.74, 6) is 0.923. The predicted molar refractivity (Wildman–Crippen MR) is 127 cm³/mol. The number of nitrogens with zero attached hydrogens (tertiary/aromatic N) is 4. The van der Waals surface area contributed by atoms with E-state index in [4.69, 9.17) is 10.7 Å². The van der Waals surface area contributed by atoms with Gasteiger partial charge >= 0.3 is 0 Å². The summed E-state index contributed by atoms with van der Waals surface area (Å²) < 4.78 is 0. The topological polar surface area (TPSA) is 75.3 Å². The van der Waals surface area contributed by atoms with E-state index >= 15 is 0 Å². The number of para-hydroxylation sites is 1. The number of hydrogen-bond donors (Lipinski definition) is 1. The Morgan fingerprint density at radius 2 is 2.10 bits per heavy atom. The van der Waals surface area contributed by atoms with Gasteiger partial charge in [0.25, 0.3) is 5.91 Å². The Bertz CT molecular complexity index is 1280. The molecule has 1 fully saturated rings.